The van der Waals surface area contributed by atoms with E-state index < -0.39 is 0 Å². The molecule has 0 saturated heterocycles. The Bertz CT molecular complexity index is 419. The Kier molecular flexibility index (Phi) is 5.21. The van der Waals surface area contributed by atoms with Gasteiger partial charge in [0.05, 0.1) is 18.1 Å². The molecule has 0 aliphatic rings. The van der Waals surface area contributed by atoms with Crippen LogP contribution in [0.3, 0.4) is 0 Å². The summed E-state index contributed by atoms with van der Waals surface area (Å²) in [5.41, 5.74) is 1.70. The molecule has 0 fully saturated rings. The van der Waals surface area contributed by atoms with Gasteiger partial charge in [-0.3, -0.25) is 4.79 Å². The lowest BCUT2D eigenvalue weighted by molar-refractivity contribution is 0.101. The first-order valence-electron chi connectivity index (χ1n) is 6.26. The third-order valence-corrected chi connectivity index (χ3v) is 2.97. The summed E-state index contributed by atoms with van der Waals surface area (Å²) in [5, 5.41) is 0. The van der Waals surface area contributed by atoms with Crippen LogP contribution < -0.4 is 4.74 Å². The summed E-state index contributed by atoms with van der Waals surface area (Å²) in [4.78, 5) is 11.9. The van der Waals surface area contributed by atoms with Gasteiger partial charge in [0, 0.05) is 0 Å². The van der Waals surface area contributed by atoms with Crippen molar-refractivity contribution in [3.05, 3.63) is 29.3 Å². The van der Waals surface area contributed by atoms with Crippen molar-refractivity contribution in [2.45, 2.75) is 39.5 Å². The van der Waals surface area contributed by atoms with Crippen molar-refractivity contribution in [2.24, 2.45) is 0 Å². The third kappa shape index (κ3) is 3.74. The molecular formula is C15H21ClO2. The standard InChI is InChI=1S/C15H21ClO2/c1-5-8-18-14-7-6-11(15(2,3)4)9-12(14)13(17)10-16/h6-7,9H,5,8,10H2,1-4H3. The topological polar surface area (TPSA) is 26.3 Å². The molecule has 0 atom stereocenters. The molecule has 2 nitrogen and oxygen atoms in total. The maximum atomic E-state index is 11.9. The van der Waals surface area contributed by atoms with Gasteiger partial charge in [0.25, 0.3) is 0 Å². The summed E-state index contributed by atoms with van der Waals surface area (Å²) in [6.07, 6.45) is 0.912. The van der Waals surface area contributed by atoms with Crippen LogP contribution in [0.4, 0.5) is 0 Å². The minimum Gasteiger partial charge on any atom is -0.493 e. The van der Waals surface area contributed by atoms with Gasteiger partial charge in [-0.2, -0.15) is 0 Å². The summed E-state index contributed by atoms with van der Waals surface area (Å²) in [7, 11) is 0. The van der Waals surface area contributed by atoms with Gasteiger partial charge >= 0.3 is 0 Å². The van der Waals surface area contributed by atoms with Gasteiger partial charge in [0.15, 0.2) is 5.78 Å². The fraction of sp³-hybridized carbons (Fsp3) is 0.533. The van der Waals surface area contributed by atoms with Gasteiger partial charge in [-0.15, -0.1) is 11.6 Å². The van der Waals surface area contributed by atoms with E-state index in [4.69, 9.17) is 16.3 Å². The number of hydrogen-bond donors (Lipinski definition) is 0. The van der Waals surface area contributed by atoms with Crippen LogP contribution in [-0.2, 0) is 5.41 Å². The van der Waals surface area contributed by atoms with Crippen LogP contribution in [0.2, 0.25) is 0 Å². The molecule has 0 heterocycles. The molecule has 0 unspecified atom stereocenters. The normalized spacial score (nSPS) is 11.4. The first-order chi connectivity index (χ1) is 8.40. The molecule has 18 heavy (non-hydrogen) atoms. The van der Waals surface area contributed by atoms with Crippen LogP contribution in [0.5, 0.6) is 5.75 Å². The van der Waals surface area contributed by atoms with Crippen LogP contribution in [0.1, 0.15) is 50.0 Å². The van der Waals surface area contributed by atoms with Gasteiger partial charge in [0.1, 0.15) is 5.75 Å². The van der Waals surface area contributed by atoms with E-state index in [1.807, 2.05) is 25.1 Å². The van der Waals surface area contributed by atoms with Crippen molar-refractivity contribution >= 4 is 17.4 Å². The summed E-state index contributed by atoms with van der Waals surface area (Å²) >= 11 is 5.65. The van der Waals surface area contributed by atoms with Crippen LogP contribution >= 0.6 is 11.6 Å². The predicted octanol–water partition coefficient (Wildman–Crippen LogP) is 4.19. The number of carbonyl (C=O) groups excluding carboxylic acids is 1. The Morgan fingerprint density at radius 2 is 2.00 bits per heavy atom. The van der Waals surface area contributed by atoms with Crippen molar-refractivity contribution in [1.82, 2.24) is 0 Å². The average molecular weight is 269 g/mol. The number of ether oxygens (including phenoxy) is 1. The Labute approximate surface area is 114 Å². The average Bonchev–Trinajstić information content (AvgIpc) is 2.34. The molecule has 1 rings (SSSR count). The van der Waals surface area contributed by atoms with Crippen molar-refractivity contribution in [2.75, 3.05) is 12.5 Å². The quantitative estimate of drug-likeness (QED) is 0.591. The van der Waals surface area contributed by atoms with E-state index in [0.29, 0.717) is 17.9 Å². The second-order valence-corrected chi connectivity index (χ2v) is 5.63. The largest absolute Gasteiger partial charge is 0.493 e. The Hall–Kier alpha value is -1.02. The highest BCUT2D eigenvalue weighted by Crippen LogP contribution is 2.28. The van der Waals surface area contributed by atoms with Crippen LogP contribution in [0.25, 0.3) is 0 Å². The molecule has 0 bridgehead atoms. The zero-order chi connectivity index (χ0) is 13.8. The minimum atomic E-state index is -0.0890. The number of ketones is 1. The minimum absolute atomic E-state index is 0.00459. The highest BCUT2D eigenvalue weighted by Gasteiger charge is 2.18. The summed E-state index contributed by atoms with van der Waals surface area (Å²) in [6.45, 7) is 8.99. The SMILES string of the molecule is CCCOc1ccc(C(C)(C)C)cc1C(=O)CCl. The maximum Gasteiger partial charge on any atom is 0.181 e. The number of hydrogen-bond acceptors (Lipinski definition) is 2. The van der Waals surface area contributed by atoms with E-state index in [-0.39, 0.29) is 17.1 Å². The van der Waals surface area contributed by atoms with Gasteiger partial charge < -0.3 is 4.74 Å². The lowest BCUT2D eigenvalue weighted by Gasteiger charge is -2.21. The number of rotatable bonds is 5. The molecule has 0 spiro atoms. The molecular weight excluding hydrogens is 248 g/mol. The van der Waals surface area contributed by atoms with Gasteiger partial charge in [-0.25, -0.2) is 0 Å². The van der Waals surface area contributed by atoms with Crippen molar-refractivity contribution in [1.29, 1.82) is 0 Å². The van der Waals surface area contributed by atoms with E-state index in [1.54, 1.807) is 0 Å². The highest BCUT2D eigenvalue weighted by molar-refractivity contribution is 6.30. The fourth-order valence-corrected chi connectivity index (χ4v) is 1.77. The van der Waals surface area contributed by atoms with Crippen LogP contribution in [-0.4, -0.2) is 18.3 Å². The molecule has 3 heteroatoms. The second kappa shape index (κ2) is 6.24. The number of benzene rings is 1. The highest BCUT2D eigenvalue weighted by atomic mass is 35.5. The Balaban J connectivity index is 3.16. The van der Waals surface area contributed by atoms with E-state index in [9.17, 15) is 4.79 Å². The Morgan fingerprint density at radius 1 is 1.33 bits per heavy atom. The Morgan fingerprint density at radius 3 is 2.50 bits per heavy atom. The lowest BCUT2D eigenvalue weighted by Crippen LogP contribution is -2.14. The smallest absolute Gasteiger partial charge is 0.181 e. The molecule has 1 aromatic rings. The summed E-state index contributed by atoms with van der Waals surface area (Å²) in [6, 6.07) is 5.78. The zero-order valence-corrected chi connectivity index (χ0v) is 12.3. The monoisotopic (exact) mass is 268 g/mol. The van der Waals surface area contributed by atoms with E-state index >= 15 is 0 Å². The number of carbonyl (C=O) groups is 1. The number of alkyl halides is 1. The molecule has 0 radical (unpaired) electrons. The van der Waals surface area contributed by atoms with Crippen molar-refractivity contribution in [3.8, 4) is 5.75 Å². The fourth-order valence-electron chi connectivity index (χ4n) is 1.62. The molecule has 0 N–H and O–H groups in total. The van der Waals surface area contributed by atoms with Gasteiger partial charge in [-0.05, 0) is 29.5 Å². The summed E-state index contributed by atoms with van der Waals surface area (Å²) < 4.78 is 5.60. The van der Waals surface area contributed by atoms with Crippen LogP contribution in [0.15, 0.2) is 18.2 Å². The molecule has 0 aliphatic heterocycles. The summed E-state index contributed by atoms with van der Waals surface area (Å²) in [5.74, 6) is 0.528. The van der Waals surface area contributed by atoms with E-state index in [0.717, 1.165) is 12.0 Å². The van der Waals surface area contributed by atoms with Crippen LogP contribution in [0, 0.1) is 0 Å². The first-order valence-corrected chi connectivity index (χ1v) is 6.80. The molecule has 0 aromatic heterocycles. The van der Waals surface area contributed by atoms with Crippen molar-refractivity contribution in [3.63, 3.8) is 0 Å². The maximum absolute atomic E-state index is 11.9. The number of halogens is 1. The van der Waals surface area contributed by atoms with E-state index in [2.05, 4.69) is 20.8 Å². The molecule has 0 saturated carbocycles. The predicted molar refractivity (Wildman–Crippen MR) is 76.0 cm³/mol. The third-order valence-electron chi connectivity index (χ3n) is 2.73. The second-order valence-electron chi connectivity index (χ2n) is 5.37. The number of Topliss-reactive ketones (excluding diaryl/α,β-unsaturated/α-hetero) is 1. The zero-order valence-electron chi connectivity index (χ0n) is 11.5. The molecule has 0 amide bonds. The lowest BCUT2D eigenvalue weighted by atomic mass is 9.85. The van der Waals surface area contributed by atoms with Crippen molar-refractivity contribution < 1.29 is 9.53 Å². The van der Waals surface area contributed by atoms with E-state index in [1.165, 1.54) is 0 Å². The van der Waals surface area contributed by atoms with Gasteiger partial charge in [0.2, 0.25) is 0 Å². The molecule has 100 valence electrons. The molecule has 0 aliphatic carbocycles. The van der Waals surface area contributed by atoms with Gasteiger partial charge in [-0.1, -0.05) is 33.8 Å². The molecule has 1 aromatic carbocycles. The first kappa shape index (κ1) is 15.0.